The van der Waals surface area contributed by atoms with Crippen LogP contribution < -0.4 is 27.4 Å². The normalized spacial score (nSPS) is 16.3. The number of rotatable bonds is 18. The molecule has 14 nitrogen and oxygen atoms in total. The average Bonchev–Trinajstić information content (AvgIpc) is 3.06. The lowest BCUT2D eigenvalue weighted by molar-refractivity contribution is -0.146. The minimum Gasteiger partial charge on any atom is -0.481 e. The number of carbonyl (C=O) groups excluding carboxylic acids is 6. The molecule has 1 aliphatic heterocycles. The summed E-state index contributed by atoms with van der Waals surface area (Å²) in [6.07, 6.45) is 1.25. The summed E-state index contributed by atoms with van der Waals surface area (Å²) in [5.74, 6) is -5.47. The summed E-state index contributed by atoms with van der Waals surface area (Å²) in [6.45, 7) is 0.374. The summed E-state index contributed by atoms with van der Waals surface area (Å²) >= 11 is 5.62. The quantitative estimate of drug-likeness (QED) is 0.0987. The van der Waals surface area contributed by atoms with E-state index in [1.807, 2.05) is 42.5 Å². The second kappa shape index (κ2) is 18.6. The number of nitrogens with zero attached hydrogens (tertiary/aromatic N) is 1. The Morgan fingerprint density at radius 1 is 0.938 bits per heavy atom. The van der Waals surface area contributed by atoms with E-state index in [9.17, 15) is 38.7 Å². The average molecular weight is 687 g/mol. The summed E-state index contributed by atoms with van der Waals surface area (Å²) in [6, 6.07) is 9.31. The van der Waals surface area contributed by atoms with E-state index in [1.165, 1.54) is 4.90 Å². The van der Waals surface area contributed by atoms with Crippen molar-refractivity contribution in [3.05, 3.63) is 48.0 Å². The fourth-order valence-corrected chi connectivity index (χ4v) is 5.91. The fourth-order valence-electron chi connectivity index (χ4n) is 5.83. The van der Waals surface area contributed by atoms with Crippen LogP contribution in [-0.2, 0) is 35.2 Å². The molecule has 1 heterocycles. The van der Waals surface area contributed by atoms with Gasteiger partial charge in [-0.2, -0.15) is 0 Å². The maximum absolute atomic E-state index is 13.9. The number of carboxylic acids is 1. The molecule has 0 bridgehead atoms. The first-order valence-corrected chi connectivity index (χ1v) is 16.4. The van der Waals surface area contributed by atoms with E-state index in [4.69, 9.17) is 23.1 Å². The summed E-state index contributed by atoms with van der Waals surface area (Å²) in [4.78, 5) is 89.3. The third-order valence-corrected chi connectivity index (χ3v) is 8.57. The number of nitrogens with one attached hydrogen (secondary N) is 3. The largest absolute Gasteiger partial charge is 0.481 e. The Balaban J connectivity index is 1.85. The first-order valence-electron chi connectivity index (χ1n) is 15.9. The molecule has 1 aliphatic rings. The first kappa shape index (κ1) is 37.7. The van der Waals surface area contributed by atoms with Gasteiger partial charge < -0.3 is 37.4 Å². The lowest BCUT2D eigenvalue weighted by atomic mass is 9.90. The summed E-state index contributed by atoms with van der Waals surface area (Å²) in [5.41, 5.74) is 11.5. The monoisotopic (exact) mass is 686 g/mol. The van der Waals surface area contributed by atoms with E-state index in [1.54, 1.807) is 0 Å². The van der Waals surface area contributed by atoms with Crippen molar-refractivity contribution in [3.8, 4) is 0 Å². The molecule has 0 unspecified atom stereocenters. The number of halogens is 1. The Labute approximate surface area is 283 Å². The van der Waals surface area contributed by atoms with E-state index in [0.717, 1.165) is 16.3 Å². The molecule has 6 amide bonds. The first-order chi connectivity index (χ1) is 22.9. The van der Waals surface area contributed by atoms with Crippen LogP contribution in [0.15, 0.2) is 42.5 Å². The Morgan fingerprint density at radius 3 is 2.33 bits per heavy atom. The Morgan fingerprint density at radius 2 is 1.67 bits per heavy atom. The van der Waals surface area contributed by atoms with Gasteiger partial charge in [0.25, 0.3) is 0 Å². The molecule has 260 valence electrons. The summed E-state index contributed by atoms with van der Waals surface area (Å²) < 4.78 is 0. The van der Waals surface area contributed by atoms with Crippen molar-refractivity contribution in [2.24, 2.45) is 17.4 Å². The smallest absolute Gasteiger partial charge is 0.312 e. The highest BCUT2D eigenvalue weighted by Gasteiger charge is 2.38. The number of ketones is 1. The number of alkyl halides is 1. The molecule has 0 aliphatic carbocycles. The van der Waals surface area contributed by atoms with Gasteiger partial charge in [-0.25, -0.2) is 4.79 Å². The van der Waals surface area contributed by atoms with E-state index < -0.39 is 77.8 Å². The second-order valence-corrected chi connectivity index (χ2v) is 12.1. The van der Waals surface area contributed by atoms with E-state index in [0.29, 0.717) is 19.3 Å². The highest BCUT2D eigenvalue weighted by Crippen LogP contribution is 2.22. The van der Waals surface area contributed by atoms with Crippen molar-refractivity contribution < 1.29 is 38.7 Å². The zero-order valence-corrected chi connectivity index (χ0v) is 27.4. The Bertz CT molecular complexity index is 1500. The minimum absolute atomic E-state index is 0.0950. The SMILES string of the molecule is NC(=O)NCCC[C@H](CC(=O)[C@H](Cc1ccc2ccccc2c1)NC(=O)[C@@H]1CCCCN1C(=O)[C@H](CCC(=O)O)NC(=O)CCl)C(N)=O. The topological polar surface area (TPSA) is 231 Å². The van der Waals surface area contributed by atoms with Gasteiger partial charge in [0, 0.05) is 31.8 Å². The highest BCUT2D eigenvalue weighted by atomic mass is 35.5. The molecule has 8 N–H and O–H groups in total. The van der Waals surface area contributed by atoms with Crippen LogP contribution in [0, 0.1) is 5.92 Å². The molecule has 1 fully saturated rings. The van der Waals surface area contributed by atoms with Crippen LogP contribution in [0.3, 0.4) is 0 Å². The van der Waals surface area contributed by atoms with Crippen molar-refractivity contribution in [1.29, 1.82) is 0 Å². The van der Waals surface area contributed by atoms with E-state index in [-0.39, 0.29) is 45.2 Å². The molecule has 0 radical (unpaired) electrons. The predicted octanol–water partition coefficient (Wildman–Crippen LogP) is 1.35. The number of likely N-dealkylation sites (tertiary alicyclic amines) is 1. The molecular weight excluding hydrogens is 644 g/mol. The van der Waals surface area contributed by atoms with Crippen LogP contribution >= 0.6 is 11.6 Å². The van der Waals surface area contributed by atoms with Crippen LogP contribution in [0.25, 0.3) is 10.8 Å². The predicted molar refractivity (Wildman–Crippen MR) is 178 cm³/mol. The van der Waals surface area contributed by atoms with E-state index in [2.05, 4.69) is 16.0 Å². The van der Waals surface area contributed by atoms with Crippen molar-refractivity contribution >= 4 is 63.8 Å². The van der Waals surface area contributed by atoms with E-state index >= 15 is 0 Å². The highest BCUT2D eigenvalue weighted by molar-refractivity contribution is 6.27. The summed E-state index contributed by atoms with van der Waals surface area (Å²) in [5, 5.41) is 18.8. The number of piperidine rings is 1. The Hall–Kier alpha value is -4.72. The van der Waals surface area contributed by atoms with Crippen LogP contribution in [0.4, 0.5) is 4.79 Å². The number of amides is 6. The van der Waals surface area contributed by atoms with Gasteiger partial charge in [-0.05, 0) is 61.3 Å². The number of primary amides is 2. The van der Waals surface area contributed by atoms with Crippen LogP contribution in [-0.4, -0.2) is 88.5 Å². The van der Waals surface area contributed by atoms with Gasteiger partial charge in [-0.3, -0.25) is 28.8 Å². The molecule has 0 spiro atoms. The molecule has 3 rings (SSSR count). The van der Waals surface area contributed by atoms with Gasteiger partial charge in [0.2, 0.25) is 23.6 Å². The molecular formula is C33H43ClN6O8. The number of fused-ring (bicyclic) bond motifs is 1. The molecule has 2 aromatic rings. The van der Waals surface area contributed by atoms with Crippen LogP contribution in [0.1, 0.15) is 56.9 Å². The van der Waals surface area contributed by atoms with Gasteiger partial charge in [-0.15, -0.1) is 11.6 Å². The number of Topliss-reactive ketones (excluding diaryl/α,β-unsaturated/α-hetero) is 1. The van der Waals surface area contributed by atoms with Crippen molar-refractivity contribution in [2.75, 3.05) is 19.0 Å². The van der Waals surface area contributed by atoms with Gasteiger partial charge in [-0.1, -0.05) is 42.5 Å². The summed E-state index contributed by atoms with van der Waals surface area (Å²) in [7, 11) is 0. The minimum atomic E-state index is -1.21. The number of hydrogen-bond donors (Lipinski definition) is 6. The van der Waals surface area contributed by atoms with Crippen molar-refractivity contribution in [1.82, 2.24) is 20.9 Å². The molecule has 1 saturated heterocycles. The third-order valence-electron chi connectivity index (χ3n) is 8.33. The molecule has 2 aromatic carbocycles. The molecule has 0 aromatic heterocycles. The number of carbonyl (C=O) groups is 7. The standard InChI is InChI=1S/C33H43ClN6O8/c34-19-28(42)38-24(12-13-29(43)44)32(47)40-15-4-3-9-26(40)31(46)39-25(17-20-10-11-21-6-1-2-7-22(21)16-20)27(41)18-23(30(35)45)8-5-14-37-33(36)48/h1-2,6-7,10-11,16,23-26H,3-5,8-9,12-15,17-19H2,(H2,35,45)(H,38,42)(H,39,46)(H,43,44)(H3,36,37,48)/t23-,24+,25+,26+/m1/s1. The fraction of sp³-hybridized carbons (Fsp3) is 0.485. The Kier molecular flexibility index (Phi) is 14.6. The number of aliphatic carboxylic acids is 1. The van der Waals surface area contributed by atoms with Crippen molar-refractivity contribution in [3.63, 3.8) is 0 Å². The van der Waals surface area contributed by atoms with Crippen LogP contribution in [0.2, 0.25) is 0 Å². The molecule has 48 heavy (non-hydrogen) atoms. The lowest BCUT2D eigenvalue weighted by Crippen LogP contribution is -2.59. The number of benzene rings is 2. The second-order valence-electron chi connectivity index (χ2n) is 11.9. The molecule has 0 saturated carbocycles. The third kappa shape index (κ3) is 11.5. The van der Waals surface area contributed by atoms with Gasteiger partial charge in [0.1, 0.15) is 18.0 Å². The maximum atomic E-state index is 13.9. The maximum Gasteiger partial charge on any atom is 0.312 e. The lowest BCUT2D eigenvalue weighted by Gasteiger charge is -2.37. The number of carboxylic acid groups (broad SMARTS) is 1. The number of urea groups is 1. The van der Waals surface area contributed by atoms with Gasteiger partial charge >= 0.3 is 12.0 Å². The van der Waals surface area contributed by atoms with Crippen LogP contribution in [0.5, 0.6) is 0 Å². The molecule has 15 heteroatoms. The zero-order chi connectivity index (χ0) is 35.2. The molecule has 4 atom stereocenters. The van der Waals surface area contributed by atoms with Gasteiger partial charge in [0.05, 0.1) is 6.04 Å². The zero-order valence-electron chi connectivity index (χ0n) is 26.6. The number of hydrogen-bond acceptors (Lipinski definition) is 7. The number of nitrogens with two attached hydrogens (primary N) is 2. The van der Waals surface area contributed by atoms with Gasteiger partial charge in [0.15, 0.2) is 5.78 Å². The van der Waals surface area contributed by atoms with Crippen molar-refractivity contribution in [2.45, 2.75) is 75.9 Å².